The summed E-state index contributed by atoms with van der Waals surface area (Å²) >= 11 is 0. The van der Waals surface area contributed by atoms with Gasteiger partial charge >= 0.3 is 0 Å². The highest BCUT2D eigenvalue weighted by Crippen LogP contribution is 2.15. The third kappa shape index (κ3) is 4.37. The van der Waals surface area contributed by atoms with E-state index in [0.717, 1.165) is 5.56 Å². The Balaban J connectivity index is 1.70. The molecule has 2 aromatic heterocycles. The lowest BCUT2D eigenvalue weighted by Crippen LogP contribution is -2.24. The first-order valence-corrected chi connectivity index (χ1v) is 7.58. The van der Waals surface area contributed by atoms with Gasteiger partial charge in [0, 0.05) is 18.7 Å². The molecule has 3 rings (SSSR count). The van der Waals surface area contributed by atoms with Gasteiger partial charge in [0.25, 0.3) is 5.91 Å². The molecule has 0 radical (unpaired) electrons. The molecule has 0 atom stereocenters. The molecule has 0 aliphatic heterocycles. The number of carbonyl (C=O) groups excluding carboxylic acids is 1. The predicted octanol–water partition coefficient (Wildman–Crippen LogP) is 2.89. The summed E-state index contributed by atoms with van der Waals surface area (Å²) in [6.45, 7) is 3.74. The maximum Gasteiger partial charge on any atom is 0.270 e. The number of halogens is 1. The fourth-order valence-corrected chi connectivity index (χ4v) is 2.18. The van der Waals surface area contributed by atoms with Gasteiger partial charge in [-0.1, -0.05) is 17.3 Å². The van der Waals surface area contributed by atoms with Crippen LogP contribution in [0.1, 0.15) is 27.6 Å². The van der Waals surface area contributed by atoms with Crippen molar-refractivity contribution in [2.24, 2.45) is 0 Å². The lowest BCUT2D eigenvalue weighted by Gasteiger charge is -2.08. The van der Waals surface area contributed by atoms with Crippen molar-refractivity contribution in [3.63, 3.8) is 0 Å². The number of nitrogens with one attached hydrogen (secondary N) is 2. The van der Waals surface area contributed by atoms with Crippen molar-refractivity contribution in [3.05, 3.63) is 65.1 Å². The zero-order valence-electron chi connectivity index (χ0n) is 13.7. The standard InChI is InChI=1S/C17H16FN5O2/c1-10-7-16(23-25-10)22-15-8-14(20-11(2)21-15)17(24)19-9-12-3-5-13(18)6-4-12/h3-8H,9H2,1-2H3,(H,19,24)(H,20,21,22,23). The van der Waals surface area contributed by atoms with Gasteiger partial charge in [-0.2, -0.15) is 0 Å². The van der Waals surface area contributed by atoms with Crippen LogP contribution in [0.3, 0.4) is 0 Å². The Bertz CT molecular complexity index is 892. The Labute approximate surface area is 143 Å². The molecule has 0 saturated heterocycles. The van der Waals surface area contributed by atoms with Gasteiger partial charge in [-0.15, -0.1) is 0 Å². The van der Waals surface area contributed by atoms with E-state index < -0.39 is 0 Å². The van der Waals surface area contributed by atoms with Crippen LogP contribution in [0.5, 0.6) is 0 Å². The lowest BCUT2D eigenvalue weighted by atomic mass is 10.2. The first-order chi connectivity index (χ1) is 12.0. The molecule has 0 bridgehead atoms. The molecule has 0 fully saturated rings. The molecule has 3 aromatic rings. The van der Waals surface area contributed by atoms with Crippen LogP contribution in [-0.2, 0) is 6.54 Å². The largest absolute Gasteiger partial charge is 0.360 e. The Morgan fingerprint density at radius 3 is 2.56 bits per heavy atom. The minimum atomic E-state index is -0.353. The van der Waals surface area contributed by atoms with Gasteiger partial charge < -0.3 is 15.2 Å². The summed E-state index contributed by atoms with van der Waals surface area (Å²) in [6.07, 6.45) is 0. The number of anilines is 2. The van der Waals surface area contributed by atoms with Crippen LogP contribution < -0.4 is 10.6 Å². The summed E-state index contributed by atoms with van der Waals surface area (Å²) < 4.78 is 17.9. The highest BCUT2D eigenvalue weighted by Gasteiger charge is 2.11. The monoisotopic (exact) mass is 341 g/mol. The highest BCUT2D eigenvalue weighted by molar-refractivity contribution is 5.93. The first-order valence-electron chi connectivity index (χ1n) is 7.58. The van der Waals surface area contributed by atoms with Crippen molar-refractivity contribution in [3.8, 4) is 0 Å². The summed E-state index contributed by atoms with van der Waals surface area (Å²) in [7, 11) is 0. The number of hydrogen-bond donors (Lipinski definition) is 2. The molecule has 1 aromatic carbocycles. The average molecular weight is 341 g/mol. The van der Waals surface area contributed by atoms with E-state index in [4.69, 9.17) is 4.52 Å². The fraction of sp³-hybridized carbons (Fsp3) is 0.176. The average Bonchev–Trinajstić information content (AvgIpc) is 2.98. The SMILES string of the molecule is Cc1nc(Nc2cc(C)on2)cc(C(=O)NCc2ccc(F)cc2)n1. The van der Waals surface area contributed by atoms with E-state index >= 15 is 0 Å². The summed E-state index contributed by atoms with van der Waals surface area (Å²) in [5.74, 6) is 1.36. The first kappa shape index (κ1) is 16.6. The zero-order chi connectivity index (χ0) is 17.8. The maximum absolute atomic E-state index is 12.9. The molecule has 7 nitrogen and oxygen atoms in total. The number of benzene rings is 1. The molecular weight excluding hydrogens is 325 g/mol. The molecule has 8 heteroatoms. The van der Waals surface area contributed by atoms with Crippen LogP contribution in [0.25, 0.3) is 0 Å². The third-order valence-corrected chi connectivity index (χ3v) is 3.32. The Hall–Kier alpha value is -3.29. The molecule has 0 saturated carbocycles. The van der Waals surface area contributed by atoms with Gasteiger partial charge in [0.05, 0.1) is 0 Å². The van der Waals surface area contributed by atoms with Crippen molar-refractivity contribution in [2.75, 3.05) is 5.32 Å². The molecule has 0 unspecified atom stereocenters. The molecule has 0 aliphatic carbocycles. The number of hydrogen-bond acceptors (Lipinski definition) is 6. The smallest absolute Gasteiger partial charge is 0.270 e. The fourth-order valence-electron chi connectivity index (χ4n) is 2.18. The summed E-state index contributed by atoms with van der Waals surface area (Å²) in [5, 5.41) is 9.53. The minimum absolute atomic E-state index is 0.220. The van der Waals surface area contributed by atoms with Crippen LogP contribution in [0.15, 0.2) is 40.9 Å². The summed E-state index contributed by atoms with van der Waals surface area (Å²) in [6, 6.07) is 9.15. The van der Waals surface area contributed by atoms with E-state index in [1.165, 1.54) is 18.2 Å². The van der Waals surface area contributed by atoms with Crippen molar-refractivity contribution >= 4 is 17.5 Å². The minimum Gasteiger partial charge on any atom is -0.360 e. The van der Waals surface area contributed by atoms with E-state index in [-0.39, 0.29) is 24.0 Å². The molecule has 0 spiro atoms. The van der Waals surface area contributed by atoms with Gasteiger partial charge in [-0.25, -0.2) is 14.4 Å². The quantitative estimate of drug-likeness (QED) is 0.741. The van der Waals surface area contributed by atoms with Crippen LogP contribution in [0.4, 0.5) is 16.0 Å². The topological polar surface area (TPSA) is 92.9 Å². The molecule has 128 valence electrons. The van der Waals surface area contributed by atoms with E-state index in [1.54, 1.807) is 32.0 Å². The van der Waals surface area contributed by atoms with E-state index in [1.807, 2.05) is 0 Å². The van der Waals surface area contributed by atoms with Gasteiger partial charge in [0.1, 0.15) is 28.9 Å². The van der Waals surface area contributed by atoms with Crippen molar-refractivity contribution in [2.45, 2.75) is 20.4 Å². The number of nitrogens with zero attached hydrogens (tertiary/aromatic N) is 3. The van der Waals surface area contributed by atoms with Crippen LogP contribution in [-0.4, -0.2) is 21.0 Å². The highest BCUT2D eigenvalue weighted by atomic mass is 19.1. The van der Waals surface area contributed by atoms with Gasteiger partial charge in [-0.05, 0) is 31.5 Å². The lowest BCUT2D eigenvalue weighted by molar-refractivity contribution is 0.0945. The van der Waals surface area contributed by atoms with Gasteiger partial charge in [-0.3, -0.25) is 4.79 Å². The van der Waals surface area contributed by atoms with E-state index in [9.17, 15) is 9.18 Å². The second kappa shape index (κ2) is 7.08. The van der Waals surface area contributed by atoms with Crippen molar-refractivity contribution in [1.82, 2.24) is 20.4 Å². The predicted molar refractivity (Wildman–Crippen MR) is 88.9 cm³/mol. The Kier molecular flexibility index (Phi) is 4.69. The number of amides is 1. The second-order valence-corrected chi connectivity index (χ2v) is 5.44. The maximum atomic E-state index is 12.9. The number of rotatable bonds is 5. The molecular formula is C17H16FN5O2. The van der Waals surface area contributed by atoms with Crippen molar-refractivity contribution in [1.29, 1.82) is 0 Å². The van der Waals surface area contributed by atoms with Crippen LogP contribution >= 0.6 is 0 Å². The molecule has 1 amide bonds. The van der Waals surface area contributed by atoms with Gasteiger partial charge in [0.2, 0.25) is 0 Å². The van der Waals surface area contributed by atoms with Crippen molar-refractivity contribution < 1.29 is 13.7 Å². The summed E-state index contributed by atoms with van der Waals surface area (Å²) in [4.78, 5) is 20.7. The zero-order valence-corrected chi connectivity index (χ0v) is 13.7. The van der Waals surface area contributed by atoms with Crippen LogP contribution in [0, 0.1) is 19.7 Å². The number of aryl methyl sites for hydroxylation is 2. The number of aromatic nitrogens is 3. The van der Waals surface area contributed by atoms with Gasteiger partial charge in [0.15, 0.2) is 5.82 Å². The molecule has 2 heterocycles. The molecule has 2 N–H and O–H groups in total. The van der Waals surface area contributed by atoms with Crippen LogP contribution in [0.2, 0.25) is 0 Å². The molecule has 25 heavy (non-hydrogen) atoms. The Morgan fingerprint density at radius 2 is 1.88 bits per heavy atom. The summed E-state index contributed by atoms with van der Waals surface area (Å²) in [5.41, 5.74) is 1.01. The number of carbonyl (C=O) groups is 1. The Morgan fingerprint density at radius 1 is 1.12 bits per heavy atom. The molecule has 0 aliphatic rings. The van der Waals surface area contributed by atoms with E-state index in [0.29, 0.717) is 23.2 Å². The second-order valence-electron chi connectivity index (χ2n) is 5.44. The van der Waals surface area contributed by atoms with E-state index in [2.05, 4.69) is 25.8 Å². The normalized spacial score (nSPS) is 10.5. The third-order valence-electron chi connectivity index (χ3n) is 3.32.